The van der Waals surface area contributed by atoms with Crippen molar-refractivity contribution in [3.63, 3.8) is 0 Å². The van der Waals surface area contributed by atoms with Crippen molar-refractivity contribution in [2.45, 2.75) is 32.4 Å². The summed E-state index contributed by atoms with van der Waals surface area (Å²) >= 11 is 0. The van der Waals surface area contributed by atoms with Crippen LogP contribution in [0, 0.1) is 0 Å². The maximum Gasteiger partial charge on any atom is 0.272 e. The lowest BCUT2D eigenvalue weighted by molar-refractivity contribution is -0.120. The van der Waals surface area contributed by atoms with E-state index in [9.17, 15) is 9.59 Å². The summed E-state index contributed by atoms with van der Waals surface area (Å²) in [5, 5.41) is 7.17. The molecule has 1 aliphatic rings. The van der Waals surface area contributed by atoms with Crippen LogP contribution in [0.4, 0.5) is 5.69 Å². The third-order valence-electron chi connectivity index (χ3n) is 5.23. The number of benzene rings is 2. The fourth-order valence-electron chi connectivity index (χ4n) is 3.72. The van der Waals surface area contributed by atoms with Crippen molar-refractivity contribution in [2.75, 3.05) is 11.4 Å². The Morgan fingerprint density at radius 2 is 1.83 bits per heavy atom. The number of nitrogens with zero attached hydrogens (tertiary/aromatic N) is 3. The molecule has 0 fully saturated rings. The second-order valence-electron chi connectivity index (χ2n) is 7.10. The van der Waals surface area contributed by atoms with Crippen LogP contribution in [-0.2, 0) is 17.8 Å². The standard InChI is InChI=1S/C23H24N4O2/c1-2-26-16-14-19(25-26)22(28)24-21(18-10-4-3-5-11-18)23(29)27-15-8-12-17-9-6-7-13-20(17)27/h3-7,9-11,13-14,16,21H,2,8,12,15H2,1H3,(H,24,28)/t21-/m0/s1. The third kappa shape index (κ3) is 3.92. The highest BCUT2D eigenvalue weighted by atomic mass is 16.2. The molecule has 2 aromatic carbocycles. The van der Waals surface area contributed by atoms with Crippen LogP contribution in [0.15, 0.2) is 66.9 Å². The lowest BCUT2D eigenvalue weighted by Gasteiger charge is -2.32. The second kappa shape index (κ2) is 8.31. The molecule has 0 unspecified atom stereocenters. The Balaban J connectivity index is 1.65. The Morgan fingerprint density at radius 3 is 2.59 bits per heavy atom. The lowest BCUT2D eigenvalue weighted by Crippen LogP contribution is -2.45. The molecule has 2 amide bonds. The highest BCUT2D eigenvalue weighted by molar-refractivity contribution is 6.02. The smallest absolute Gasteiger partial charge is 0.272 e. The average Bonchev–Trinajstić information content (AvgIpc) is 3.26. The van der Waals surface area contributed by atoms with Crippen molar-refractivity contribution in [3.05, 3.63) is 83.7 Å². The van der Waals surface area contributed by atoms with Crippen molar-refractivity contribution in [1.82, 2.24) is 15.1 Å². The normalized spacial score (nSPS) is 14.2. The Bertz CT molecular complexity index is 1010. The Hall–Kier alpha value is -3.41. The molecule has 1 N–H and O–H groups in total. The number of carbonyl (C=O) groups is 2. The first-order valence-corrected chi connectivity index (χ1v) is 9.96. The summed E-state index contributed by atoms with van der Waals surface area (Å²) in [5.41, 5.74) is 3.14. The van der Waals surface area contributed by atoms with E-state index < -0.39 is 6.04 Å². The summed E-state index contributed by atoms with van der Waals surface area (Å²) in [6.07, 6.45) is 3.62. The fraction of sp³-hybridized carbons (Fsp3) is 0.261. The maximum atomic E-state index is 13.6. The summed E-state index contributed by atoms with van der Waals surface area (Å²) in [5.74, 6) is -0.490. The second-order valence-corrected chi connectivity index (χ2v) is 7.10. The molecule has 0 saturated heterocycles. The van der Waals surface area contributed by atoms with Gasteiger partial charge in [-0.05, 0) is 43.0 Å². The molecule has 3 aromatic rings. The number of aryl methyl sites for hydroxylation is 2. The van der Waals surface area contributed by atoms with Gasteiger partial charge in [-0.1, -0.05) is 48.5 Å². The summed E-state index contributed by atoms with van der Waals surface area (Å²) in [6.45, 7) is 3.27. The topological polar surface area (TPSA) is 67.2 Å². The molecule has 29 heavy (non-hydrogen) atoms. The number of fused-ring (bicyclic) bond motifs is 1. The minimum Gasteiger partial charge on any atom is -0.335 e. The van der Waals surface area contributed by atoms with Gasteiger partial charge in [0.2, 0.25) is 0 Å². The molecule has 2 heterocycles. The van der Waals surface area contributed by atoms with Gasteiger partial charge >= 0.3 is 0 Å². The van der Waals surface area contributed by atoms with Gasteiger partial charge in [-0.3, -0.25) is 14.3 Å². The van der Waals surface area contributed by atoms with Gasteiger partial charge in [0.15, 0.2) is 0 Å². The molecule has 1 aromatic heterocycles. The van der Waals surface area contributed by atoms with E-state index in [0.717, 1.165) is 29.7 Å². The zero-order valence-corrected chi connectivity index (χ0v) is 16.4. The van der Waals surface area contributed by atoms with Crippen LogP contribution in [0.2, 0.25) is 0 Å². The van der Waals surface area contributed by atoms with Crippen molar-refractivity contribution in [1.29, 1.82) is 0 Å². The van der Waals surface area contributed by atoms with Gasteiger partial charge in [0, 0.05) is 25.0 Å². The molecular weight excluding hydrogens is 364 g/mol. The minimum atomic E-state index is -0.776. The van der Waals surface area contributed by atoms with E-state index in [0.29, 0.717) is 18.8 Å². The quantitative estimate of drug-likeness (QED) is 0.729. The summed E-state index contributed by atoms with van der Waals surface area (Å²) < 4.78 is 1.69. The monoisotopic (exact) mass is 388 g/mol. The van der Waals surface area contributed by atoms with E-state index in [2.05, 4.69) is 16.5 Å². The average molecular weight is 388 g/mol. The van der Waals surface area contributed by atoms with E-state index >= 15 is 0 Å². The molecule has 0 bridgehead atoms. The first-order chi connectivity index (χ1) is 14.2. The number of rotatable bonds is 5. The molecular formula is C23H24N4O2. The van der Waals surface area contributed by atoms with Gasteiger partial charge < -0.3 is 10.2 Å². The van der Waals surface area contributed by atoms with E-state index in [1.54, 1.807) is 21.8 Å². The Labute approximate surface area is 170 Å². The van der Waals surface area contributed by atoms with Crippen molar-refractivity contribution >= 4 is 17.5 Å². The molecule has 0 spiro atoms. The number of aromatic nitrogens is 2. The molecule has 6 nitrogen and oxygen atoms in total. The number of hydrogen-bond donors (Lipinski definition) is 1. The maximum absolute atomic E-state index is 13.6. The zero-order chi connectivity index (χ0) is 20.2. The minimum absolute atomic E-state index is 0.133. The van der Waals surface area contributed by atoms with Crippen LogP contribution in [0.1, 0.15) is 41.0 Å². The van der Waals surface area contributed by atoms with Crippen LogP contribution in [0.25, 0.3) is 0 Å². The van der Waals surface area contributed by atoms with Gasteiger partial charge in [0.25, 0.3) is 11.8 Å². The highest BCUT2D eigenvalue weighted by Crippen LogP contribution is 2.29. The van der Waals surface area contributed by atoms with E-state index in [4.69, 9.17) is 0 Å². The number of nitrogens with one attached hydrogen (secondary N) is 1. The molecule has 1 aliphatic heterocycles. The Kier molecular flexibility index (Phi) is 5.42. The van der Waals surface area contributed by atoms with Gasteiger partial charge in [0.1, 0.15) is 11.7 Å². The summed E-state index contributed by atoms with van der Waals surface area (Å²) in [4.78, 5) is 28.2. The number of para-hydroxylation sites is 1. The van der Waals surface area contributed by atoms with Crippen LogP contribution >= 0.6 is 0 Å². The highest BCUT2D eigenvalue weighted by Gasteiger charge is 2.31. The number of amides is 2. The van der Waals surface area contributed by atoms with Gasteiger partial charge in [0.05, 0.1) is 0 Å². The molecule has 0 saturated carbocycles. The van der Waals surface area contributed by atoms with Gasteiger partial charge in [-0.15, -0.1) is 0 Å². The first-order valence-electron chi connectivity index (χ1n) is 9.96. The third-order valence-corrected chi connectivity index (χ3v) is 5.23. The lowest BCUT2D eigenvalue weighted by atomic mass is 9.99. The van der Waals surface area contributed by atoms with Gasteiger partial charge in [-0.2, -0.15) is 5.10 Å². The molecule has 0 aliphatic carbocycles. The van der Waals surface area contributed by atoms with Crippen LogP contribution < -0.4 is 10.2 Å². The predicted molar refractivity (Wildman–Crippen MR) is 112 cm³/mol. The molecule has 148 valence electrons. The summed E-state index contributed by atoms with van der Waals surface area (Å²) in [7, 11) is 0. The first kappa shape index (κ1) is 18.9. The predicted octanol–water partition coefficient (Wildman–Crippen LogP) is 3.35. The van der Waals surface area contributed by atoms with Crippen molar-refractivity contribution < 1.29 is 9.59 Å². The van der Waals surface area contributed by atoms with E-state index in [1.807, 2.05) is 55.5 Å². The Morgan fingerprint density at radius 1 is 1.07 bits per heavy atom. The largest absolute Gasteiger partial charge is 0.335 e. The van der Waals surface area contributed by atoms with Crippen LogP contribution in [0.3, 0.4) is 0 Å². The number of hydrogen-bond acceptors (Lipinski definition) is 3. The van der Waals surface area contributed by atoms with E-state index in [1.165, 1.54) is 0 Å². The van der Waals surface area contributed by atoms with Crippen molar-refractivity contribution in [3.8, 4) is 0 Å². The molecule has 1 atom stereocenters. The van der Waals surface area contributed by atoms with Crippen LogP contribution in [-0.4, -0.2) is 28.1 Å². The van der Waals surface area contributed by atoms with Crippen molar-refractivity contribution in [2.24, 2.45) is 0 Å². The number of carbonyl (C=O) groups excluding carboxylic acids is 2. The fourth-order valence-corrected chi connectivity index (χ4v) is 3.72. The SMILES string of the molecule is CCn1ccc(C(=O)N[C@H](C(=O)N2CCCc3ccccc32)c2ccccc2)n1. The molecule has 4 rings (SSSR count). The number of anilines is 1. The van der Waals surface area contributed by atoms with Gasteiger partial charge in [-0.25, -0.2) is 0 Å². The molecule has 0 radical (unpaired) electrons. The van der Waals surface area contributed by atoms with Crippen LogP contribution in [0.5, 0.6) is 0 Å². The summed E-state index contributed by atoms with van der Waals surface area (Å²) in [6, 6.07) is 18.2. The zero-order valence-electron chi connectivity index (χ0n) is 16.4. The molecule has 6 heteroatoms. The van der Waals surface area contributed by atoms with E-state index in [-0.39, 0.29) is 11.8 Å².